The summed E-state index contributed by atoms with van der Waals surface area (Å²) in [5.41, 5.74) is 20.6. The highest BCUT2D eigenvalue weighted by atomic mass is 32.5. The molecule has 44 heavy (non-hydrogen) atoms. The Balaban J connectivity index is 1.66. The van der Waals surface area contributed by atoms with Crippen LogP contribution < -0.4 is 26.0 Å². The molecule has 1 saturated heterocycles. The normalized spacial score (nSPS) is 18.2. The van der Waals surface area contributed by atoms with Gasteiger partial charge in [0.25, 0.3) is 5.34 Å². The first-order valence-corrected chi connectivity index (χ1v) is 23.7. The Morgan fingerprint density at radius 3 is 2.09 bits per heavy atom. The number of hydrogen-bond donors (Lipinski definition) is 3. The topological polar surface area (TPSA) is 140 Å². The molecule has 5 unspecified atom stereocenters. The minimum absolute atomic E-state index is 0.145. The summed E-state index contributed by atoms with van der Waals surface area (Å²) in [5.74, 6) is 3.35. The summed E-state index contributed by atoms with van der Waals surface area (Å²) in [5, 5.41) is 3.62. The van der Waals surface area contributed by atoms with E-state index in [0.29, 0.717) is 0 Å². The van der Waals surface area contributed by atoms with E-state index in [-0.39, 0.29) is 15.2 Å². The summed E-state index contributed by atoms with van der Waals surface area (Å²) in [6.07, 6.45) is 6.99. The van der Waals surface area contributed by atoms with E-state index in [1.54, 1.807) is 7.11 Å². The Hall–Kier alpha value is -0.750. The molecule has 1 fully saturated rings. The lowest BCUT2D eigenvalue weighted by Gasteiger charge is -2.38. The van der Waals surface area contributed by atoms with E-state index >= 15 is 0 Å². The van der Waals surface area contributed by atoms with E-state index < -0.39 is 40.7 Å². The maximum absolute atomic E-state index is 6.59. The third-order valence-electron chi connectivity index (χ3n) is 7.23. The van der Waals surface area contributed by atoms with E-state index in [0.717, 1.165) is 48.3 Å². The largest absolute Gasteiger partial charge is 0.481 e. The molecule has 0 amide bonds. The number of nitrogens with zero attached hydrogens (tertiary/aromatic N) is 2. The van der Waals surface area contributed by atoms with Crippen molar-refractivity contribution in [1.29, 1.82) is 0 Å². The van der Waals surface area contributed by atoms with Crippen molar-refractivity contribution < 1.29 is 23.0 Å². The molecule has 1 aliphatic heterocycles. The monoisotopic (exact) mass is 719 g/mol. The third kappa shape index (κ3) is 9.64. The van der Waals surface area contributed by atoms with Gasteiger partial charge in [-0.2, -0.15) is 4.52 Å². The molecule has 0 aliphatic carbocycles. The van der Waals surface area contributed by atoms with Crippen molar-refractivity contribution >= 4 is 62.5 Å². The van der Waals surface area contributed by atoms with Crippen LogP contribution >= 0.6 is 38.4 Å². The predicted octanol–water partition coefficient (Wildman–Crippen LogP) is 8.78. The van der Waals surface area contributed by atoms with Crippen LogP contribution in [0.1, 0.15) is 64.5 Å². The molecule has 6 N–H and O–H groups in total. The summed E-state index contributed by atoms with van der Waals surface area (Å²) in [7, 11) is -0.646. The Labute approximate surface area is 273 Å². The molecule has 1 heterocycles. The van der Waals surface area contributed by atoms with Gasteiger partial charge >= 0.3 is 14.8 Å². The van der Waals surface area contributed by atoms with Crippen LogP contribution in [0.5, 0.6) is 11.5 Å². The lowest BCUT2D eigenvalue weighted by Crippen LogP contribution is -2.33. The van der Waals surface area contributed by atoms with Crippen molar-refractivity contribution in [2.75, 3.05) is 21.0 Å². The molecule has 2 aromatic carbocycles. The summed E-state index contributed by atoms with van der Waals surface area (Å²) >= 11 is 6.06. The fourth-order valence-corrected chi connectivity index (χ4v) is 14.5. The zero-order valence-electron chi connectivity index (χ0n) is 26.3. The van der Waals surface area contributed by atoms with Crippen LogP contribution in [0.3, 0.4) is 0 Å². The molecule has 0 bridgehead atoms. The van der Waals surface area contributed by atoms with Gasteiger partial charge in [0, 0.05) is 20.3 Å². The van der Waals surface area contributed by atoms with Gasteiger partial charge in [-0.1, -0.05) is 39.3 Å². The predicted molar refractivity (Wildman–Crippen MR) is 195 cm³/mol. The second kappa shape index (κ2) is 17.4. The van der Waals surface area contributed by atoms with Gasteiger partial charge in [0.05, 0.1) is 28.1 Å². The average Bonchev–Trinajstić information content (AvgIpc) is 3.02. The van der Waals surface area contributed by atoms with Gasteiger partial charge in [0.2, 0.25) is 6.79 Å². The Morgan fingerprint density at radius 1 is 1.05 bits per heavy atom. The minimum Gasteiger partial charge on any atom is -0.481 e. The average molecular weight is 720 g/mol. The van der Waals surface area contributed by atoms with Crippen LogP contribution in [0.25, 0.3) is 6.08 Å². The molecule has 1 aliphatic rings. The van der Waals surface area contributed by atoms with E-state index in [2.05, 4.69) is 20.8 Å². The first-order valence-electron chi connectivity index (χ1n) is 14.3. The number of hydrazone groups is 1. The van der Waals surface area contributed by atoms with Crippen LogP contribution in [0.2, 0.25) is 0 Å². The molecule has 0 saturated carbocycles. The van der Waals surface area contributed by atoms with Crippen molar-refractivity contribution in [2.45, 2.75) is 64.1 Å². The quantitative estimate of drug-likeness (QED) is 0.0778. The fourth-order valence-electron chi connectivity index (χ4n) is 4.46. The van der Waals surface area contributed by atoms with Crippen molar-refractivity contribution in [1.82, 2.24) is 4.78 Å². The maximum Gasteiger partial charge on any atom is 0.445 e. The summed E-state index contributed by atoms with van der Waals surface area (Å²) in [4.78, 5) is 0. The smallest absolute Gasteiger partial charge is 0.445 e. The van der Waals surface area contributed by atoms with Gasteiger partial charge in [-0.15, -0.1) is 18.9 Å². The maximum atomic E-state index is 6.59. The molecule has 10 nitrogen and oxygen atoms in total. The van der Waals surface area contributed by atoms with Crippen LogP contribution in [0.4, 0.5) is 0 Å². The zero-order chi connectivity index (χ0) is 32.4. The Bertz CT molecular complexity index is 1260. The second-order valence-corrected chi connectivity index (χ2v) is 23.9. The third-order valence-corrected chi connectivity index (χ3v) is 21.4. The van der Waals surface area contributed by atoms with Crippen molar-refractivity contribution in [2.24, 2.45) is 21.6 Å². The first kappa shape index (κ1) is 37.7. The van der Waals surface area contributed by atoms with Crippen LogP contribution in [-0.2, 0) is 25.4 Å². The number of benzene rings is 2. The van der Waals surface area contributed by atoms with E-state index in [1.165, 1.54) is 0 Å². The molecule has 242 valence electrons. The Morgan fingerprint density at radius 2 is 1.61 bits per heavy atom. The molecule has 0 radical (unpaired) electrons. The molecular weight excluding hydrogens is 673 g/mol. The van der Waals surface area contributed by atoms with Gasteiger partial charge in [-0.05, 0) is 75.4 Å². The first-order chi connectivity index (χ1) is 21.0. The number of ether oxygens (including phenoxy) is 2. The zero-order valence-corrected chi connectivity index (χ0v) is 31.6. The van der Waals surface area contributed by atoms with Crippen molar-refractivity contribution in [3.8, 4) is 11.5 Å². The van der Waals surface area contributed by atoms with Crippen molar-refractivity contribution in [3.63, 3.8) is 0 Å². The molecule has 2 aromatic rings. The lowest BCUT2D eigenvalue weighted by molar-refractivity contribution is -0.0143. The van der Waals surface area contributed by atoms with Gasteiger partial charge in [-0.25, -0.2) is 0 Å². The lowest BCUT2D eigenvalue weighted by atomic mass is 10.2. The van der Waals surface area contributed by atoms with E-state index in [1.807, 2.05) is 85.4 Å². The van der Waals surface area contributed by atoms with Crippen LogP contribution in [-0.4, -0.2) is 42.6 Å². The SMILES string of the molecule is CCCC(C)(Oc1ccc(/C=N/N(C)[P+](=S)C(CC)(CC)Oc2ccc(/C=C/[P+]3(OC)OCO3)cc2)cc1)P(N)P(N)PN. The highest BCUT2D eigenvalue weighted by Gasteiger charge is 2.51. The molecule has 5 atom stereocenters. The number of hydrogen-bond acceptors (Lipinski definition) is 10. The van der Waals surface area contributed by atoms with Gasteiger partial charge < -0.3 is 26.0 Å². The number of rotatable bonds is 18. The van der Waals surface area contributed by atoms with Gasteiger partial charge in [0.1, 0.15) is 22.7 Å². The van der Waals surface area contributed by atoms with Crippen LogP contribution in [0, 0.1) is 0 Å². The molecule has 0 spiro atoms. The molecule has 16 heteroatoms. The fraction of sp³-hybridized carbons (Fsp3) is 0.464. The van der Waals surface area contributed by atoms with Crippen molar-refractivity contribution in [3.05, 3.63) is 65.5 Å². The molecule has 3 rings (SSSR count). The second-order valence-electron chi connectivity index (χ2n) is 10.2. The van der Waals surface area contributed by atoms with Crippen LogP contribution in [0.15, 0.2) is 59.4 Å². The Kier molecular flexibility index (Phi) is 14.9. The summed E-state index contributed by atoms with van der Waals surface area (Å²) in [6.45, 7) is 7.43. The summed E-state index contributed by atoms with van der Waals surface area (Å²) < 4.78 is 31.2. The minimum atomic E-state index is -2.31. The van der Waals surface area contributed by atoms with Gasteiger partial charge in [0.15, 0.2) is 11.8 Å². The number of nitrogens with two attached hydrogens (primary N) is 3. The highest BCUT2D eigenvalue weighted by Crippen LogP contribution is 2.74. The van der Waals surface area contributed by atoms with Gasteiger partial charge in [-0.3, -0.25) is 0 Å². The molecule has 0 aromatic heterocycles. The molecular formula is C28H46N5O5P5S+2. The standard InChI is InChI=1S/C28H46N5O5P5S/c1-7-19-27(4,40(30)42(31)39-29)37-25-16-12-24(13-17-25)21-32-33(5)41(44)28(8-2,9-3)38-26-14-10-23(11-15-26)18-20-43(34-6)35-22-36-43/h10-18,20-21,39H,7-9,19,22,29-31H2,1-6H3/q+2/b20-18+,32-21+. The van der Waals surface area contributed by atoms with E-state index in [9.17, 15) is 0 Å². The summed E-state index contributed by atoms with van der Waals surface area (Å²) in [6, 6.07) is 15.7. The highest BCUT2D eigenvalue weighted by molar-refractivity contribution is 8.55. The van der Waals surface area contributed by atoms with E-state index in [4.69, 9.17) is 56.5 Å².